The zero-order chi connectivity index (χ0) is 24.5. The molecule has 4 amide bonds. The summed E-state index contributed by atoms with van der Waals surface area (Å²) in [5.41, 5.74) is -2.55. The van der Waals surface area contributed by atoms with Gasteiger partial charge in [0.1, 0.15) is 5.70 Å². The van der Waals surface area contributed by atoms with E-state index in [0.717, 1.165) is 17.0 Å². The van der Waals surface area contributed by atoms with E-state index in [9.17, 15) is 27.6 Å². The lowest BCUT2D eigenvalue weighted by Gasteiger charge is -2.19. The number of halogens is 4. The Kier molecular flexibility index (Phi) is 6.32. The predicted molar refractivity (Wildman–Crippen MR) is 113 cm³/mol. The molecule has 1 N–H and O–H groups in total. The van der Waals surface area contributed by atoms with Crippen molar-refractivity contribution in [1.82, 2.24) is 0 Å². The molecule has 12 heteroatoms. The van der Waals surface area contributed by atoms with Gasteiger partial charge in [-0.3, -0.25) is 15.0 Å². The highest BCUT2D eigenvalue weighted by atomic mass is 35.5. The Labute approximate surface area is 190 Å². The first-order valence-corrected chi connectivity index (χ1v) is 9.59. The molecule has 0 atom stereocenters. The van der Waals surface area contributed by atoms with E-state index in [2.05, 4.69) is 11.9 Å². The third-order valence-corrected chi connectivity index (χ3v) is 4.84. The standard InChI is InChI=1S/C21H14ClF3N4O4/c1-3-33-19(31)27-17-9-14(6-7-16(17)22)28-11(2)18(30)29(20(28)32)13-5-4-12(10-26)15(8-13)21(23,24)25/h4-9H,2-3H2,1H3,(H,27,31). The lowest BCUT2D eigenvalue weighted by atomic mass is 10.1. The normalized spacial score (nSPS) is 13.9. The van der Waals surface area contributed by atoms with Gasteiger partial charge in [-0.2, -0.15) is 18.4 Å². The number of nitriles is 1. The molecule has 2 aromatic rings. The second-order valence-electron chi connectivity index (χ2n) is 6.55. The molecule has 170 valence electrons. The Hall–Kier alpha value is -4.04. The molecular formula is C21H14ClF3N4O4. The summed E-state index contributed by atoms with van der Waals surface area (Å²) in [6, 6.07) is 6.86. The molecule has 3 rings (SSSR count). The van der Waals surface area contributed by atoms with Gasteiger partial charge in [0.05, 0.1) is 45.9 Å². The monoisotopic (exact) mass is 478 g/mol. The van der Waals surface area contributed by atoms with Gasteiger partial charge in [0.2, 0.25) is 0 Å². The van der Waals surface area contributed by atoms with E-state index in [-0.39, 0.29) is 34.4 Å². The van der Waals surface area contributed by atoms with E-state index < -0.39 is 35.3 Å². The minimum absolute atomic E-state index is 0.0665. The number of carbonyl (C=O) groups excluding carboxylic acids is 3. The number of carbonyl (C=O) groups is 3. The maximum atomic E-state index is 13.3. The summed E-state index contributed by atoms with van der Waals surface area (Å²) >= 11 is 6.06. The fourth-order valence-corrected chi connectivity index (χ4v) is 3.21. The summed E-state index contributed by atoms with van der Waals surface area (Å²) in [4.78, 5) is 38.9. The van der Waals surface area contributed by atoms with Gasteiger partial charge in [-0.05, 0) is 43.3 Å². The molecule has 0 unspecified atom stereocenters. The largest absolute Gasteiger partial charge is 0.450 e. The number of amides is 4. The Bertz CT molecular complexity index is 1220. The first-order chi connectivity index (χ1) is 15.5. The summed E-state index contributed by atoms with van der Waals surface area (Å²) in [5, 5.41) is 11.4. The molecule has 1 aliphatic heterocycles. The fourth-order valence-electron chi connectivity index (χ4n) is 3.05. The van der Waals surface area contributed by atoms with Crippen LogP contribution in [0.5, 0.6) is 0 Å². The van der Waals surface area contributed by atoms with Crippen LogP contribution >= 0.6 is 11.6 Å². The van der Waals surface area contributed by atoms with Gasteiger partial charge >= 0.3 is 18.3 Å². The predicted octanol–water partition coefficient (Wildman–Crippen LogP) is 5.29. The number of anilines is 3. The minimum atomic E-state index is -4.88. The van der Waals surface area contributed by atoms with Crippen LogP contribution in [-0.4, -0.2) is 24.6 Å². The molecule has 0 aliphatic carbocycles. The second kappa shape index (κ2) is 8.84. The van der Waals surface area contributed by atoms with Crippen LogP contribution in [0.15, 0.2) is 48.7 Å². The SMILES string of the molecule is C=C1C(=O)N(c2ccc(C#N)c(C(F)(F)F)c2)C(=O)N1c1ccc(Cl)c(NC(=O)OCC)c1. The quantitative estimate of drug-likeness (QED) is 0.475. The van der Waals surface area contributed by atoms with E-state index in [0.29, 0.717) is 11.0 Å². The number of ether oxygens (including phenoxy) is 1. The highest BCUT2D eigenvalue weighted by molar-refractivity contribution is 6.35. The second-order valence-corrected chi connectivity index (χ2v) is 6.96. The van der Waals surface area contributed by atoms with Crippen molar-refractivity contribution in [2.45, 2.75) is 13.1 Å². The summed E-state index contributed by atoms with van der Waals surface area (Å²) in [6.45, 7) is 5.25. The van der Waals surface area contributed by atoms with Crippen LogP contribution in [0.3, 0.4) is 0 Å². The number of rotatable bonds is 4. The summed E-state index contributed by atoms with van der Waals surface area (Å²) in [7, 11) is 0. The van der Waals surface area contributed by atoms with Crippen molar-refractivity contribution in [2.24, 2.45) is 0 Å². The van der Waals surface area contributed by atoms with Crippen LogP contribution in [0.2, 0.25) is 5.02 Å². The molecule has 1 fully saturated rings. The lowest BCUT2D eigenvalue weighted by Crippen LogP contribution is -2.33. The van der Waals surface area contributed by atoms with Crippen molar-refractivity contribution in [1.29, 1.82) is 5.26 Å². The number of alkyl halides is 3. The number of nitrogens with zero attached hydrogens (tertiary/aromatic N) is 3. The minimum Gasteiger partial charge on any atom is -0.450 e. The molecule has 0 radical (unpaired) electrons. The first kappa shape index (κ1) is 23.6. The maximum absolute atomic E-state index is 13.3. The number of urea groups is 1. The van der Waals surface area contributed by atoms with Gasteiger partial charge in [-0.25, -0.2) is 14.5 Å². The average molecular weight is 479 g/mol. The summed E-state index contributed by atoms with van der Waals surface area (Å²) < 4.78 is 44.8. The molecule has 0 bridgehead atoms. The van der Waals surface area contributed by atoms with Crippen LogP contribution in [-0.2, 0) is 15.7 Å². The molecule has 8 nitrogen and oxygen atoms in total. The van der Waals surface area contributed by atoms with E-state index in [1.165, 1.54) is 24.3 Å². The van der Waals surface area contributed by atoms with Gasteiger partial charge in [-0.1, -0.05) is 18.2 Å². The van der Waals surface area contributed by atoms with Gasteiger partial charge in [0, 0.05) is 0 Å². The van der Waals surface area contributed by atoms with Gasteiger partial charge in [0.25, 0.3) is 5.91 Å². The average Bonchev–Trinajstić information content (AvgIpc) is 2.97. The van der Waals surface area contributed by atoms with E-state index in [4.69, 9.17) is 21.6 Å². The zero-order valence-electron chi connectivity index (χ0n) is 16.9. The van der Waals surface area contributed by atoms with Gasteiger partial charge in [-0.15, -0.1) is 0 Å². The van der Waals surface area contributed by atoms with Crippen molar-refractivity contribution < 1.29 is 32.3 Å². The Morgan fingerprint density at radius 1 is 1.18 bits per heavy atom. The van der Waals surface area contributed by atoms with Crippen molar-refractivity contribution in [3.63, 3.8) is 0 Å². The van der Waals surface area contributed by atoms with Crippen molar-refractivity contribution in [3.05, 3.63) is 64.8 Å². The van der Waals surface area contributed by atoms with E-state index in [1.54, 1.807) is 6.92 Å². The highest BCUT2D eigenvalue weighted by Crippen LogP contribution is 2.38. The summed E-state index contributed by atoms with van der Waals surface area (Å²) in [5.74, 6) is -0.965. The van der Waals surface area contributed by atoms with Crippen LogP contribution in [0.4, 0.5) is 39.8 Å². The Morgan fingerprint density at radius 3 is 2.42 bits per heavy atom. The topological polar surface area (TPSA) is 103 Å². The molecule has 33 heavy (non-hydrogen) atoms. The summed E-state index contributed by atoms with van der Waals surface area (Å²) in [6.07, 6.45) is -5.69. The molecule has 2 aromatic carbocycles. The Morgan fingerprint density at radius 2 is 1.82 bits per heavy atom. The Balaban J connectivity index is 2.01. The molecule has 1 saturated heterocycles. The number of hydrogen-bond donors (Lipinski definition) is 1. The lowest BCUT2D eigenvalue weighted by molar-refractivity contribution is -0.137. The van der Waals surface area contributed by atoms with Crippen LogP contribution < -0.4 is 15.1 Å². The fraction of sp³-hybridized carbons (Fsp3) is 0.143. The number of nitrogens with one attached hydrogen (secondary N) is 1. The van der Waals surface area contributed by atoms with Crippen molar-refractivity contribution in [3.8, 4) is 6.07 Å². The third kappa shape index (κ3) is 4.47. The van der Waals surface area contributed by atoms with Crippen LogP contribution in [0.1, 0.15) is 18.1 Å². The van der Waals surface area contributed by atoms with Crippen LogP contribution in [0.25, 0.3) is 0 Å². The zero-order valence-corrected chi connectivity index (χ0v) is 17.6. The van der Waals surface area contributed by atoms with Crippen molar-refractivity contribution in [2.75, 3.05) is 21.7 Å². The molecule has 0 spiro atoms. The molecule has 0 aromatic heterocycles. The van der Waals surface area contributed by atoms with Gasteiger partial charge < -0.3 is 4.74 Å². The first-order valence-electron chi connectivity index (χ1n) is 9.21. The number of imide groups is 1. The molecule has 1 heterocycles. The molecular weight excluding hydrogens is 465 g/mol. The van der Waals surface area contributed by atoms with Crippen molar-refractivity contribution >= 4 is 46.7 Å². The smallest absolute Gasteiger partial charge is 0.417 e. The molecule has 0 saturated carbocycles. The van der Waals surface area contributed by atoms with E-state index >= 15 is 0 Å². The number of benzene rings is 2. The van der Waals surface area contributed by atoms with E-state index in [1.807, 2.05) is 0 Å². The maximum Gasteiger partial charge on any atom is 0.417 e. The molecule has 1 aliphatic rings. The third-order valence-electron chi connectivity index (χ3n) is 4.51. The van der Waals surface area contributed by atoms with Gasteiger partial charge in [0.15, 0.2) is 0 Å². The van der Waals surface area contributed by atoms with Crippen LogP contribution in [0, 0.1) is 11.3 Å². The number of hydrogen-bond acceptors (Lipinski definition) is 5. The highest BCUT2D eigenvalue weighted by Gasteiger charge is 2.43.